The second-order valence-electron chi connectivity index (χ2n) is 4.75. The van der Waals surface area contributed by atoms with Crippen LogP contribution in [0.5, 0.6) is 0 Å². The van der Waals surface area contributed by atoms with E-state index in [2.05, 4.69) is 46.7 Å². The van der Waals surface area contributed by atoms with Gasteiger partial charge in [-0.05, 0) is 29.3 Å². The molecule has 1 heterocycles. The van der Waals surface area contributed by atoms with Crippen molar-refractivity contribution < 1.29 is 4.42 Å². The molecule has 0 aliphatic heterocycles. The van der Waals surface area contributed by atoms with Gasteiger partial charge in [-0.15, -0.1) is 5.10 Å². The van der Waals surface area contributed by atoms with Gasteiger partial charge in [0.2, 0.25) is 5.89 Å². The minimum absolute atomic E-state index is 0.488. The van der Waals surface area contributed by atoms with Gasteiger partial charge in [-0.1, -0.05) is 48.8 Å². The van der Waals surface area contributed by atoms with Gasteiger partial charge in [0.1, 0.15) is 0 Å². The summed E-state index contributed by atoms with van der Waals surface area (Å²) in [4.78, 5) is 0. The fourth-order valence-electron chi connectivity index (χ4n) is 2.11. The molecule has 3 aromatic rings. The second kappa shape index (κ2) is 5.74. The van der Waals surface area contributed by atoms with Crippen LogP contribution in [0.4, 0.5) is 6.01 Å². The highest BCUT2D eigenvalue weighted by molar-refractivity contribution is 5.86. The van der Waals surface area contributed by atoms with Crippen molar-refractivity contribution >= 4 is 16.8 Å². The Bertz CT molecular complexity index is 706. The predicted molar refractivity (Wildman–Crippen MR) is 80.6 cm³/mol. The topological polar surface area (TPSA) is 51.0 Å². The molecule has 1 aromatic heterocycles. The standard InChI is InChI=1S/C16H17N3O/c1-2-3-10-17-16-19-18-15(20-16)14-9-8-12-6-4-5-7-13(12)11-14/h4-9,11H,2-3,10H2,1H3,(H,17,19). The summed E-state index contributed by atoms with van der Waals surface area (Å²) < 4.78 is 5.63. The van der Waals surface area contributed by atoms with Gasteiger partial charge in [0.25, 0.3) is 0 Å². The molecule has 0 radical (unpaired) electrons. The van der Waals surface area contributed by atoms with Gasteiger partial charge >= 0.3 is 6.01 Å². The first-order chi connectivity index (χ1) is 9.86. The molecule has 0 amide bonds. The summed E-state index contributed by atoms with van der Waals surface area (Å²) in [7, 11) is 0. The van der Waals surface area contributed by atoms with Crippen LogP contribution >= 0.6 is 0 Å². The number of nitrogens with one attached hydrogen (secondary N) is 1. The van der Waals surface area contributed by atoms with E-state index in [1.54, 1.807) is 0 Å². The lowest BCUT2D eigenvalue weighted by atomic mass is 10.1. The van der Waals surface area contributed by atoms with Gasteiger partial charge < -0.3 is 9.73 Å². The van der Waals surface area contributed by atoms with Crippen molar-refractivity contribution in [2.75, 3.05) is 11.9 Å². The van der Waals surface area contributed by atoms with E-state index >= 15 is 0 Å². The molecule has 0 bridgehead atoms. The number of fused-ring (bicyclic) bond motifs is 1. The molecular formula is C16H17N3O. The van der Waals surface area contributed by atoms with Crippen LogP contribution in [0, 0.1) is 0 Å². The maximum atomic E-state index is 5.63. The number of hydrogen-bond acceptors (Lipinski definition) is 4. The molecule has 0 spiro atoms. The summed E-state index contributed by atoms with van der Waals surface area (Å²) in [6, 6.07) is 14.9. The third-order valence-corrected chi connectivity index (χ3v) is 3.23. The lowest BCUT2D eigenvalue weighted by molar-refractivity contribution is 0.579. The summed E-state index contributed by atoms with van der Waals surface area (Å²) in [5.41, 5.74) is 0.944. The van der Waals surface area contributed by atoms with Crippen LogP contribution < -0.4 is 5.32 Å². The van der Waals surface area contributed by atoms with Gasteiger partial charge in [-0.3, -0.25) is 0 Å². The maximum absolute atomic E-state index is 5.63. The van der Waals surface area contributed by atoms with E-state index in [0.29, 0.717) is 11.9 Å². The Labute approximate surface area is 117 Å². The van der Waals surface area contributed by atoms with Crippen LogP contribution in [0.25, 0.3) is 22.2 Å². The average molecular weight is 267 g/mol. The molecule has 0 saturated carbocycles. The SMILES string of the molecule is CCCCNc1nnc(-c2ccc3ccccc3c2)o1. The van der Waals surface area contributed by atoms with Crippen molar-refractivity contribution in [1.29, 1.82) is 0 Å². The van der Waals surface area contributed by atoms with Gasteiger partial charge in [-0.25, -0.2) is 0 Å². The highest BCUT2D eigenvalue weighted by Crippen LogP contribution is 2.24. The molecule has 0 fully saturated rings. The largest absolute Gasteiger partial charge is 0.403 e. The lowest BCUT2D eigenvalue weighted by Crippen LogP contribution is -2.00. The number of nitrogens with zero attached hydrogens (tertiary/aromatic N) is 2. The fraction of sp³-hybridized carbons (Fsp3) is 0.250. The summed E-state index contributed by atoms with van der Waals surface area (Å²) in [5.74, 6) is 0.551. The molecule has 20 heavy (non-hydrogen) atoms. The van der Waals surface area contributed by atoms with E-state index in [-0.39, 0.29) is 0 Å². The number of unbranched alkanes of at least 4 members (excludes halogenated alkanes) is 1. The van der Waals surface area contributed by atoms with Crippen molar-refractivity contribution in [2.24, 2.45) is 0 Å². The maximum Gasteiger partial charge on any atom is 0.315 e. The summed E-state index contributed by atoms with van der Waals surface area (Å²) in [6.45, 7) is 3.01. The zero-order valence-electron chi connectivity index (χ0n) is 11.5. The minimum Gasteiger partial charge on any atom is -0.403 e. The number of aromatic nitrogens is 2. The van der Waals surface area contributed by atoms with Crippen molar-refractivity contribution in [3.05, 3.63) is 42.5 Å². The molecule has 0 saturated heterocycles. The van der Waals surface area contributed by atoms with Gasteiger partial charge in [-0.2, -0.15) is 0 Å². The van der Waals surface area contributed by atoms with Crippen LogP contribution in [0.1, 0.15) is 19.8 Å². The number of rotatable bonds is 5. The van der Waals surface area contributed by atoms with E-state index in [0.717, 1.165) is 24.9 Å². The number of anilines is 1. The van der Waals surface area contributed by atoms with E-state index in [4.69, 9.17) is 4.42 Å². The first kappa shape index (κ1) is 12.7. The molecule has 2 aromatic carbocycles. The van der Waals surface area contributed by atoms with Crippen LogP contribution in [0.15, 0.2) is 46.9 Å². The summed E-state index contributed by atoms with van der Waals surface area (Å²) in [5, 5.41) is 13.6. The fourth-order valence-corrected chi connectivity index (χ4v) is 2.11. The molecule has 4 heteroatoms. The molecule has 102 valence electrons. The molecule has 4 nitrogen and oxygen atoms in total. The van der Waals surface area contributed by atoms with Gasteiger partial charge in [0.05, 0.1) is 0 Å². The van der Waals surface area contributed by atoms with E-state index < -0.39 is 0 Å². The van der Waals surface area contributed by atoms with E-state index in [1.807, 2.05) is 18.2 Å². The molecule has 0 aliphatic carbocycles. The zero-order chi connectivity index (χ0) is 13.8. The minimum atomic E-state index is 0.488. The Morgan fingerprint density at radius 2 is 1.90 bits per heavy atom. The second-order valence-corrected chi connectivity index (χ2v) is 4.75. The van der Waals surface area contributed by atoms with Crippen LogP contribution in [-0.2, 0) is 0 Å². The Morgan fingerprint density at radius 1 is 1.05 bits per heavy atom. The lowest BCUT2D eigenvalue weighted by Gasteiger charge is -2.00. The first-order valence-corrected chi connectivity index (χ1v) is 6.93. The molecule has 0 aliphatic rings. The molecule has 1 N–H and O–H groups in total. The molecule has 0 atom stereocenters. The smallest absolute Gasteiger partial charge is 0.315 e. The van der Waals surface area contributed by atoms with Crippen molar-refractivity contribution in [1.82, 2.24) is 10.2 Å². The molecular weight excluding hydrogens is 250 g/mol. The summed E-state index contributed by atoms with van der Waals surface area (Å²) >= 11 is 0. The highest BCUT2D eigenvalue weighted by atomic mass is 16.4. The Kier molecular flexibility index (Phi) is 3.63. The quantitative estimate of drug-likeness (QED) is 0.707. The molecule has 3 rings (SSSR count). The third kappa shape index (κ3) is 2.64. The first-order valence-electron chi connectivity index (χ1n) is 6.93. The Balaban J connectivity index is 1.83. The van der Waals surface area contributed by atoms with Crippen LogP contribution in [0.3, 0.4) is 0 Å². The predicted octanol–water partition coefficient (Wildman–Crippen LogP) is 4.10. The van der Waals surface area contributed by atoms with E-state index in [9.17, 15) is 0 Å². The number of benzene rings is 2. The van der Waals surface area contributed by atoms with E-state index in [1.165, 1.54) is 10.8 Å². The van der Waals surface area contributed by atoms with Gasteiger partial charge in [0, 0.05) is 12.1 Å². The average Bonchev–Trinajstić information content (AvgIpc) is 2.96. The van der Waals surface area contributed by atoms with Gasteiger partial charge in [0.15, 0.2) is 0 Å². The van der Waals surface area contributed by atoms with Crippen LogP contribution in [-0.4, -0.2) is 16.7 Å². The monoisotopic (exact) mass is 267 g/mol. The van der Waals surface area contributed by atoms with Crippen molar-refractivity contribution in [3.63, 3.8) is 0 Å². The Hall–Kier alpha value is -2.36. The van der Waals surface area contributed by atoms with Crippen LogP contribution in [0.2, 0.25) is 0 Å². The molecule has 0 unspecified atom stereocenters. The normalized spacial score (nSPS) is 10.8. The summed E-state index contributed by atoms with van der Waals surface area (Å²) in [6.07, 6.45) is 2.23. The Morgan fingerprint density at radius 3 is 2.75 bits per heavy atom. The van der Waals surface area contributed by atoms with Crippen molar-refractivity contribution in [2.45, 2.75) is 19.8 Å². The number of hydrogen-bond donors (Lipinski definition) is 1. The van der Waals surface area contributed by atoms with Crippen molar-refractivity contribution in [3.8, 4) is 11.5 Å². The highest BCUT2D eigenvalue weighted by Gasteiger charge is 2.08. The zero-order valence-corrected chi connectivity index (χ0v) is 11.5. The third-order valence-electron chi connectivity index (χ3n) is 3.23.